The first-order valence-corrected chi connectivity index (χ1v) is 11.4. The first-order valence-electron chi connectivity index (χ1n) is 9.58. The molecule has 5 nitrogen and oxygen atoms in total. The number of rotatable bonds is 7. The van der Waals surface area contributed by atoms with Gasteiger partial charge >= 0.3 is 0 Å². The lowest BCUT2D eigenvalue weighted by Gasteiger charge is -2.26. The Hall–Kier alpha value is -2.90. The Balaban J connectivity index is 1.92. The van der Waals surface area contributed by atoms with Crippen molar-refractivity contribution in [2.24, 2.45) is 0 Å². The van der Waals surface area contributed by atoms with Crippen LogP contribution in [0, 0.1) is 12.7 Å². The van der Waals surface area contributed by atoms with Gasteiger partial charge in [0.25, 0.3) is 10.0 Å². The lowest BCUT2D eigenvalue weighted by molar-refractivity contribution is -0.120. The van der Waals surface area contributed by atoms with Gasteiger partial charge in [0.15, 0.2) is 0 Å². The van der Waals surface area contributed by atoms with Crippen LogP contribution in [0.25, 0.3) is 0 Å². The van der Waals surface area contributed by atoms with Crippen LogP contribution in [-0.2, 0) is 14.8 Å². The summed E-state index contributed by atoms with van der Waals surface area (Å²) >= 11 is 6.22. The van der Waals surface area contributed by atoms with E-state index in [0.29, 0.717) is 21.8 Å². The lowest BCUT2D eigenvalue weighted by atomic mass is 10.1. The number of sulfonamides is 1. The first kappa shape index (κ1) is 22.8. The zero-order valence-corrected chi connectivity index (χ0v) is 18.6. The van der Waals surface area contributed by atoms with E-state index in [0.717, 1.165) is 4.31 Å². The third kappa shape index (κ3) is 5.24. The molecule has 8 heteroatoms. The molecule has 0 bridgehead atoms. The van der Waals surface area contributed by atoms with Crippen molar-refractivity contribution in [3.05, 3.63) is 94.8 Å². The molecule has 0 aliphatic heterocycles. The van der Waals surface area contributed by atoms with E-state index in [4.69, 9.17) is 11.6 Å². The van der Waals surface area contributed by atoms with Gasteiger partial charge in [-0.25, -0.2) is 12.8 Å². The highest BCUT2D eigenvalue weighted by Gasteiger charge is 2.29. The van der Waals surface area contributed by atoms with Gasteiger partial charge in [0.2, 0.25) is 5.91 Å². The molecule has 0 heterocycles. The van der Waals surface area contributed by atoms with Crippen molar-refractivity contribution in [3.63, 3.8) is 0 Å². The van der Waals surface area contributed by atoms with Crippen molar-refractivity contribution in [3.8, 4) is 0 Å². The molecule has 162 valence electrons. The standard InChI is InChI=1S/C23H22ClFN2O3S/c1-16-21(24)9-6-10-22(16)27(31(29,30)20-7-4-3-5-8-20)15-23(28)26-17(2)18-11-13-19(25)14-12-18/h3-14,17H,15H2,1-2H3,(H,26,28)/t17-/m0/s1. The van der Waals surface area contributed by atoms with Gasteiger partial charge in [-0.15, -0.1) is 0 Å². The fourth-order valence-electron chi connectivity index (χ4n) is 3.14. The second-order valence-electron chi connectivity index (χ2n) is 7.05. The highest BCUT2D eigenvalue weighted by Crippen LogP contribution is 2.30. The average Bonchev–Trinajstić information content (AvgIpc) is 2.75. The number of carbonyl (C=O) groups is 1. The number of hydrogen-bond acceptors (Lipinski definition) is 3. The Labute approximate surface area is 186 Å². The minimum absolute atomic E-state index is 0.0637. The summed E-state index contributed by atoms with van der Waals surface area (Å²) in [5.74, 6) is -0.880. The highest BCUT2D eigenvalue weighted by molar-refractivity contribution is 7.92. The van der Waals surface area contributed by atoms with Crippen LogP contribution in [0.5, 0.6) is 0 Å². The zero-order valence-electron chi connectivity index (χ0n) is 17.0. The Bertz CT molecular complexity index is 1170. The minimum atomic E-state index is -4.03. The van der Waals surface area contributed by atoms with E-state index in [1.54, 1.807) is 62.4 Å². The number of carbonyl (C=O) groups excluding carboxylic acids is 1. The summed E-state index contributed by atoms with van der Waals surface area (Å²) in [4.78, 5) is 12.9. The Morgan fingerprint density at radius 2 is 1.68 bits per heavy atom. The molecular formula is C23H22ClFN2O3S. The van der Waals surface area contributed by atoms with Crippen LogP contribution in [0.15, 0.2) is 77.7 Å². The van der Waals surface area contributed by atoms with Gasteiger partial charge in [0.05, 0.1) is 16.6 Å². The van der Waals surface area contributed by atoms with Crippen molar-refractivity contribution in [1.29, 1.82) is 0 Å². The molecular weight excluding hydrogens is 439 g/mol. The number of benzene rings is 3. The van der Waals surface area contributed by atoms with Gasteiger partial charge in [0, 0.05) is 5.02 Å². The molecule has 3 rings (SSSR count). The van der Waals surface area contributed by atoms with E-state index in [1.807, 2.05) is 0 Å². The third-order valence-corrected chi connectivity index (χ3v) is 7.06. The normalized spacial score (nSPS) is 12.3. The molecule has 0 fully saturated rings. The van der Waals surface area contributed by atoms with Crippen LogP contribution >= 0.6 is 11.6 Å². The van der Waals surface area contributed by atoms with Crippen LogP contribution in [-0.4, -0.2) is 20.9 Å². The van der Waals surface area contributed by atoms with E-state index < -0.39 is 28.5 Å². The highest BCUT2D eigenvalue weighted by atomic mass is 35.5. The van der Waals surface area contributed by atoms with Crippen LogP contribution in [0.2, 0.25) is 5.02 Å². The quantitative estimate of drug-likeness (QED) is 0.547. The molecule has 1 amide bonds. The largest absolute Gasteiger partial charge is 0.348 e. The molecule has 0 aliphatic rings. The summed E-state index contributed by atoms with van der Waals surface area (Å²) in [6.45, 7) is 3.00. The van der Waals surface area contributed by atoms with Crippen LogP contribution in [0.1, 0.15) is 24.1 Å². The molecule has 0 aliphatic carbocycles. The maximum atomic E-state index is 13.4. The first-order chi connectivity index (χ1) is 14.7. The van der Waals surface area contributed by atoms with E-state index >= 15 is 0 Å². The number of hydrogen-bond donors (Lipinski definition) is 1. The maximum absolute atomic E-state index is 13.4. The second-order valence-corrected chi connectivity index (χ2v) is 9.32. The van der Waals surface area contributed by atoms with Crippen molar-refractivity contribution in [1.82, 2.24) is 5.32 Å². The Morgan fingerprint density at radius 1 is 1.03 bits per heavy atom. The van der Waals surface area contributed by atoms with Crippen molar-refractivity contribution in [2.45, 2.75) is 24.8 Å². The number of halogens is 2. The van der Waals surface area contributed by atoms with Gasteiger partial charge in [0.1, 0.15) is 12.4 Å². The molecule has 0 unspecified atom stereocenters. The SMILES string of the molecule is Cc1c(Cl)cccc1N(CC(=O)N[C@@H](C)c1ccc(F)cc1)S(=O)(=O)c1ccccc1. The molecule has 0 spiro atoms. The molecule has 0 radical (unpaired) electrons. The monoisotopic (exact) mass is 460 g/mol. The summed E-state index contributed by atoms with van der Waals surface area (Å²) in [6, 6.07) is 18.1. The maximum Gasteiger partial charge on any atom is 0.264 e. The predicted molar refractivity (Wildman–Crippen MR) is 120 cm³/mol. The summed E-state index contributed by atoms with van der Waals surface area (Å²) in [5, 5.41) is 3.17. The van der Waals surface area contributed by atoms with Crippen LogP contribution in [0.3, 0.4) is 0 Å². The van der Waals surface area contributed by atoms with Gasteiger partial charge in [-0.1, -0.05) is 48.0 Å². The third-order valence-electron chi connectivity index (χ3n) is 4.87. The fourth-order valence-corrected chi connectivity index (χ4v) is 4.81. The van der Waals surface area contributed by atoms with Crippen molar-refractivity contribution < 1.29 is 17.6 Å². The number of nitrogens with zero attached hydrogens (tertiary/aromatic N) is 1. The summed E-state index contributed by atoms with van der Waals surface area (Å²) < 4.78 is 41.0. The molecule has 3 aromatic rings. The molecule has 3 aromatic carbocycles. The predicted octanol–water partition coefficient (Wildman–Crippen LogP) is 4.86. The minimum Gasteiger partial charge on any atom is -0.348 e. The molecule has 1 atom stereocenters. The lowest BCUT2D eigenvalue weighted by Crippen LogP contribution is -2.42. The number of nitrogens with one attached hydrogen (secondary N) is 1. The van der Waals surface area contributed by atoms with E-state index in [2.05, 4.69) is 5.32 Å². The topological polar surface area (TPSA) is 66.5 Å². The van der Waals surface area contributed by atoms with Crippen LogP contribution in [0.4, 0.5) is 10.1 Å². The Kier molecular flexibility index (Phi) is 6.97. The van der Waals surface area contributed by atoms with Gasteiger partial charge in [-0.05, 0) is 61.4 Å². The summed E-state index contributed by atoms with van der Waals surface area (Å²) in [6.07, 6.45) is 0. The molecule has 0 aromatic heterocycles. The van der Waals surface area contributed by atoms with Gasteiger partial charge in [-0.2, -0.15) is 0 Å². The van der Waals surface area contributed by atoms with Gasteiger partial charge < -0.3 is 5.32 Å². The molecule has 0 saturated heterocycles. The number of amides is 1. The van der Waals surface area contributed by atoms with E-state index in [9.17, 15) is 17.6 Å². The van der Waals surface area contributed by atoms with Crippen LogP contribution < -0.4 is 9.62 Å². The summed E-state index contributed by atoms with van der Waals surface area (Å²) in [5.41, 5.74) is 1.56. The summed E-state index contributed by atoms with van der Waals surface area (Å²) in [7, 11) is -4.03. The zero-order chi connectivity index (χ0) is 22.6. The van der Waals surface area contributed by atoms with Crippen molar-refractivity contribution >= 4 is 33.2 Å². The van der Waals surface area contributed by atoms with Crippen molar-refractivity contribution in [2.75, 3.05) is 10.8 Å². The van der Waals surface area contributed by atoms with E-state index in [1.165, 1.54) is 24.3 Å². The second kappa shape index (κ2) is 9.49. The van der Waals surface area contributed by atoms with E-state index in [-0.39, 0.29) is 10.7 Å². The molecule has 31 heavy (non-hydrogen) atoms. The van der Waals surface area contributed by atoms with Gasteiger partial charge in [-0.3, -0.25) is 9.10 Å². The number of anilines is 1. The average molecular weight is 461 g/mol. The molecule has 0 saturated carbocycles. The fraction of sp³-hybridized carbons (Fsp3) is 0.174. The molecule has 1 N–H and O–H groups in total. The smallest absolute Gasteiger partial charge is 0.264 e. The Morgan fingerprint density at radius 3 is 2.32 bits per heavy atom.